The fourth-order valence-electron chi connectivity index (χ4n) is 3.48. The maximum atomic E-state index is 7.06. The molecule has 23 heavy (non-hydrogen) atoms. The largest absolute Gasteiger partial charge is 0.459 e. The van der Waals surface area contributed by atoms with Gasteiger partial charge in [0.05, 0.1) is 6.57 Å². The van der Waals surface area contributed by atoms with Crippen molar-refractivity contribution >= 4 is 11.3 Å². The van der Waals surface area contributed by atoms with E-state index in [4.69, 9.17) is 11.3 Å². The Morgan fingerprint density at radius 3 is 2.70 bits per heavy atom. The van der Waals surface area contributed by atoms with Crippen molar-refractivity contribution in [2.45, 2.75) is 6.42 Å². The van der Waals surface area contributed by atoms with Crippen molar-refractivity contribution in [3.05, 3.63) is 71.6 Å². The van der Waals surface area contributed by atoms with Crippen molar-refractivity contribution in [1.82, 2.24) is 5.32 Å². The third-order valence-corrected chi connectivity index (χ3v) is 4.70. The van der Waals surface area contributed by atoms with E-state index < -0.39 is 0 Å². The van der Waals surface area contributed by atoms with Gasteiger partial charge in [-0.25, -0.2) is 4.85 Å². The van der Waals surface area contributed by atoms with Gasteiger partial charge in [-0.05, 0) is 60.2 Å². The number of hydrogen-bond donors (Lipinski definition) is 1. The van der Waals surface area contributed by atoms with Gasteiger partial charge in [-0.1, -0.05) is 30.3 Å². The van der Waals surface area contributed by atoms with Crippen LogP contribution in [0, 0.1) is 18.4 Å². The Bertz CT molecular complexity index is 786. The van der Waals surface area contributed by atoms with Gasteiger partial charge in [-0.3, -0.25) is 0 Å². The first kappa shape index (κ1) is 14.0. The first-order valence-corrected chi connectivity index (χ1v) is 7.99. The Hall–Kier alpha value is -2.57. The Morgan fingerprint density at radius 1 is 1.04 bits per heavy atom. The lowest BCUT2D eigenvalue weighted by atomic mass is 9.98. The minimum absolute atomic E-state index is 0.593. The summed E-state index contributed by atoms with van der Waals surface area (Å²) in [5, 5.41) is 3.46. The maximum absolute atomic E-state index is 7.06. The molecule has 1 aliphatic carbocycles. The molecule has 1 saturated heterocycles. The zero-order chi connectivity index (χ0) is 15.6. The van der Waals surface area contributed by atoms with Crippen molar-refractivity contribution in [1.29, 1.82) is 0 Å². The molecular formula is C20H18N2O. The molecular weight excluding hydrogens is 284 g/mol. The summed E-state index contributed by atoms with van der Waals surface area (Å²) in [4.78, 5) is 3.42. The molecule has 0 saturated carbocycles. The summed E-state index contributed by atoms with van der Waals surface area (Å²) in [7, 11) is 0. The highest BCUT2D eigenvalue weighted by atomic mass is 16.5. The zero-order valence-corrected chi connectivity index (χ0v) is 12.8. The summed E-state index contributed by atoms with van der Waals surface area (Å²) in [5.74, 6) is 2.98. The number of nitrogens with one attached hydrogen (secondary N) is 1. The SMILES string of the molecule is [C-]#[N+]c1cccc(Oc2ccc(C3=C[C@H]4CNC[C@H]4C3)cc2)c1. The van der Waals surface area contributed by atoms with Gasteiger partial charge in [0.2, 0.25) is 0 Å². The Morgan fingerprint density at radius 2 is 1.91 bits per heavy atom. The molecule has 1 N–H and O–H groups in total. The van der Waals surface area contributed by atoms with Crippen LogP contribution in [0.5, 0.6) is 11.5 Å². The lowest BCUT2D eigenvalue weighted by Gasteiger charge is -2.09. The number of hydrogen-bond acceptors (Lipinski definition) is 2. The molecule has 2 aliphatic rings. The highest BCUT2D eigenvalue weighted by Crippen LogP contribution is 2.38. The van der Waals surface area contributed by atoms with Crippen LogP contribution in [0.2, 0.25) is 0 Å². The molecule has 0 unspecified atom stereocenters. The van der Waals surface area contributed by atoms with Gasteiger partial charge < -0.3 is 10.1 Å². The van der Waals surface area contributed by atoms with Gasteiger partial charge in [0, 0.05) is 6.54 Å². The van der Waals surface area contributed by atoms with E-state index in [2.05, 4.69) is 28.4 Å². The summed E-state index contributed by atoms with van der Waals surface area (Å²) < 4.78 is 5.84. The molecule has 2 aromatic carbocycles. The molecule has 0 spiro atoms. The first-order chi connectivity index (χ1) is 11.3. The molecule has 4 rings (SSSR count). The first-order valence-electron chi connectivity index (χ1n) is 7.99. The van der Waals surface area contributed by atoms with E-state index in [-0.39, 0.29) is 0 Å². The predicted octanol–water partition coefficient (Wildman–Crippen LogP) is 4.65. The Kier molecular flexibility index (Phi) is 3.61. The molecule has 2 aromatic rings. The van der Waals surface area contributed by atoms with E-state index in [1.54, 1.807) is 12.1 Å². The lowest BCUT2D eigenvalue weighted by molar-refractivity contribution is 0.483. The van der Waals surface area contributed by atoms with Crippen LogP contribution in [0.25, 0.3) is 10.4 Å². The number of benzene rings is 2. The lowest BCUT2D eigenvalue weighted by Crippen LogP contribution is -2.09. The number of allylic oxidation sites excluding steroid dienone is 1. The smallest absolute Gasteiger partial charge is 0.190 e. The van der Waals surface area contributed by atoms with E-state index in [0.717, 1.165) is 24.8 Å². The number of ether oxygens (including phenoxy) is 1. The second-order valence-corrected chi connectivity index (χ2v) is 6.21. The summed E-state index contributed by atoms with van der Waals surface area (Å²) in [6.45, 7) is 9.32. The highest BCUT2D eigenvalue weighted by Gasteiger charge is 2.31. The van der Waals surface area contributed by atoms with Crippen LogP contribution in [0.4, 0.5) is 5.69 Å². The molecule has 3 nitrogen and oxygen atoms in total. The van der Waals surface area contributed by atoms with Crippen LogP contribution >= 0.6 is 0 Å². The van der Waals surface area contributed by atoms with Crippen molar-refractivity contribution in [2.24, 2.45) is 11.8 Å². The minimum atomic E-state index is 0.593. The number of rotatable bonds is 3. The predicted molar refractivity (Wildman–Crippen MR) is 91.7 cm³/mol. The van der Waals surface area contributed by atoms with E-state index in [9.17, 15) is 0 Å². The molecule has 0 radical (unpaired) electrons. The average Bonchev–Trinajstić information content (AvgIpc) is 3.17. The van der Waals surface area contributed by atoms with Gasteiger partial charge in [0.1, 0.15) is 11.5 Å². The van der Waals surface area contributed by atoms with Gasteiger partial charge in [-0.15, -0.1) is 0 Å². The monoisotopic (exact) mass is 302 g/mol. The summed E-state index contributed by atoms with van der Waals surface area (Å²) in [6, 6.07) is 15.5. The fraction of sp³-hybridized carbons (Fsp3) is 0.250. The van der Waals surface area contributed by atoms with Crippen LogP contribution in [0.15, 0.2) is 54.6 Å². The zero-order valence-electron chi connectivity index (χ0n) is 12.8. The van der Waals surface area contributed by atoms with Gasteiger partial charge in [0.15, 0.2) is 5.69 Å². The third kappa shape index (κ3) is 2.86. The second kappa shape index (κ2) is 5.91. The molecule has 0 bridgehead atoms. The molecule has 1 heterocycles. The van der Waals surface area contributed by atoms with Crippen LogP contribution in [0.3, 0.4) is 0 Å². The van der Waals surface area contributed by atoms with Crippen molar-refractivity contribution < 1.29 is 4.74 Å². The third-order valence-electron chi connectivity index (χ3n) is 4.70. The molecule has 1 aliphatic heterocycles. The summed E-state index contributed by atoms with van der Waals surface area (Å²) >= 11 is 0. The van der Waals surface area contributed by atoms with E-state index in [1.807, 2.05) is 24.3 Å². The molecule has 3 heteroatoms. The van der Waals surface area contributed by atoms with E-state index in [1.165, 1.54) is 17.6 Å². The summed E-state index contributed by atoms with van der Waals surface area (Å²) in [5.41, 5.74) is 3.35. The molecule has 1 fully saturated rings. The van der Waals surface area contributed by atoms with Crippen LogP contribution in [0.1, 0.15) is 12.0 Å². The molecule has 0 aromatic heterocycles. The molecule has 2 atom stereocenters. The topological polar surface area (TPSA) is 25.6 Å². The maximum Gasteiger partial charge on any atom is 0.190 e. The van der Waals surface area contributed by atoms with E-state index >= 15 is 0 Å². The molecule has 114 valence electrons. The minimum Gasteiger partial charge on any atom is -0.459 e. The van der Waals surface area contributed by atoms with Gasteiger partial charge in [-0.2, -0.15) is 0 Å². The van der Waals surface area contributed by atoms with Gasteiger partial charge in [0.25, 0.3) is 0 Å². The normalized spacial score (nSPS) is 22.3. The second-order valence-electron chi connectivity index (χ2n) is 6.21. The Balaban J connectivity index is 1.49. The number of fused-ring (bicyclic) bond motifs is 1. The molecule has 0 amide bonds. The van der Waals surface area contributed by atoms with E-state index in [0.29, 0.717) is 17.4 Å². The van der Waals surface area contributed by atoms with Crippen molar-refractivity contribution in [3.8, 4) is 11.5 Å². The average molecular weight is 302 g/mol. The Labute approximate surface area is 136 Å². The fourth-order valence-corrected chi connectivity index (χ4v) is 3.48. The standard InChI is InChI=1S/C20H18N2O/c1-21-18-3-2-4-20(11-18)23-19-7-5-14(6-8-19)15-9-16-12-22-13-17(16)10-15/h2-9,11,16-17,22H,10,12-13H2/t16-,17+/m0/s1. The van der Waals surface area contributed by atoms with Crippen molar-refractivity contribution in [2.75, 3.05) is 13.1 Å². The van der Waals surface area contributed by atoms with Crippen LogP contribution < -0.4 is 10.1 Å². The van der Waals surface area contributed by atoms with Crippen molar-refractivity contribution in [3.63, 3.8) is 0 Å². The highest BCUT2D eigenvalue weighted by molar-refractivity contribution is 5.69. The summed E-state index contributed by atoms with van der Waals surface area (Å²) in [6.07, 6.45) is 3.60. The quantitative estimate of drug-likeness (QED) is 0.835. The van der Waals surface area contributed by atoms with Gasteiger partial charge >= 0.3 is 0 Å². The number of nitrogens with zero attached hydrogens (tertiary/aromatic N) is 1. The van der Waals surface area contributed by atoms with Crippen LogP contribution in [-0.4, -0.2) is 13.1 Å². The van der Waals surface area contributed by atoms with Crippen LogP contribution in [-0.2, 0) is 0 Å².